The summed E-state index contributed by atoms with van der Waals surface area (Å²) in [4.78, 5) is 1.34. The normalized spacial score (nSPS) is 12.7. The molecule has 0 radical (unpaired) electrons. The molecule has 1 aromatic carbocycles. The van der Waals surface area contributed by atoms with Gasteiger partial charge in [-0.3, -0.25) is 11.3 Å². The van der Waals surface area contributed by atoms with Crippen LogP contribution < -0.4 is 11.3 Å². The molecule has 2 aromatic rings. The lowest BCUT2D eigenvalue weighted by molar-refractivity contribution is 0.530. The van der Waals surface area contributed by atoms with Gasteiger partial charge in [-0.25, -0.2) is 4.39 Å². The minimum absolute atomic E-state index is 0.0457. The van der Waals surface area contributed by atoms with Gasteiger partial charge in [0.05, 0.1) is 18.1 Å². The molecule has 0 bridgehead atoms. The summed E-state index contributed by atoms with van der Waals surface area (Å²) in [6.45, 7) is 0. The standard InChI is InChI=1S/C10H12ClFN6/c1-18-16-9(15-17-18)5-8(14-13)6-3-2-4-7(12)10(6)11/h2-4,8,14H,5,13H2,1H3. The van der Waals surface area contributed by atoms with Crippen LogP contribution in [0.4, 0.5) is 4.39 Å². The third kappa shape index (κ3) is 2.63. The Morgan fingerprint density at radius 1 is 1.56 bits per heavy atom. The molecular formula is C10H12ClFN6. The van der Waals surface area contributed by atoms with Crippen molar-refractivity contribution < 1.29 is 4.39 Å². The number of benzene rings is 1. The second-order valence-corrected chi connectivity index (χ2v) is 4.14. The van der Waals surface area contributed by atoms with Gasteiger partial charge in [0.1, 0.15) is 5.82 Å². The van der Waals surface area contributed by atoms with E-state index < -0.39 is 5.82 Å². The number of nitrogens with two attached hydrogens (primary N) is 1. The van der Waals surface area contributed by atoms with Crippen molar-refractivity contribution in [3.63, 3.8) is 0 Å². The largest absolute Gasteiger partial charge is 0.271 e. The number of hydrogen-bond donors (Lipinski definition) is 2. The van der Waals surface area contributed by atoms with Crippen LogP contribution in [-0.2, 0) is 13.5 Å². The minimum atomic E-state index is -0.485. The highest BCUT2D eigenvalue weighted by Crippen LogP contribution is 2.26. The summed E-state index contributed by atoms with van der Waals surface area (Å²) in [6, 6.07) is 4.19. The van der Waals surface area contributed by atoms with Gasteiger partial charge in [0.15, 0.2) is 5.82 Å². The van der Waals surface area contributed by atoms with Gasteiger partial charge in [0.2, 0.25) is 0 Å². The highest BCUT2D eigenvalue weighted by molar-refractivity contribution is 6.31. The number of aryl methyl sites for hydroxylation is 1. The van der Waals surface area contributed by atoms with E-state index in [0.717, 1.165) is 0 Å². The number of aromatic nitrogens is 4. The van der Waals surface area contributed by atoms with Gasteiger partial charge < -0.3 is 0 Å². The third-order valence-corrected chi connectivity index (χ3v) is 2.89. The summed E-state index contributed by atoms with van der Waals surface area (Å²) in [5.41, 5.74) is 3.14. The van der Waals surface area contributed by atoms with Gasteiger partial charge >= 0.3 is 0 Å². The van der Waals surface area contributed by atoms with Crippen LogP contribution in [-0.4, -0.2) is 20.2 Å². The molecule has 0 amide bonds. The van der Waals surface area contributed by atoms with E-state index in [4.69, 9.17) is 17.4 Å². The molecule has 0 aliphatic heterocycles. The summed E-state index contributed by atoms with van der Waals surface area (Å²) in [7, 11) is 1.66. The Hall–Kier alpha value is -1.57. The highest BCUT2D eigenvalue weighted by atomic mass is 35.5. The summed E-state index contributed by atoms with van der Waals surface area (Å²) < 4.78 is 13.4. The molecule has 96 valence electrons. The second-order valence-electron chi connectivity index (χ2n) is 3.76. The maximum atomic E-state index is 13.4. The van der Waals surface area contributed by atoms with Crippen molar-refractivity contribution in [2.75, 3.05) is 0 Å². The van der Waals surface area contributed by atoms with Crippen LogP contribution >= 0.6 is 11.6 Å². The topological polar surface area (TPSA) is 81.7 Å². The van der Waals surface area contributed by atoms with Crippen molar-refractivity contribution in [3.8, 4) is 0 Å². The van der Waals surface area contributed by atoms with E-state index >= 15 is 0 Å². The Morgan fingerprint density at radius 2 is 2.33 bits per heavy atom. The van der Waals surface area contributed by atoms with Crippen LogP contribution in [0.3, 0.4) is 0 Å². The Morgan fingerprint density at radius 3 is 2.94 bits per heavy atom. The molecule has 1 aromatic heterocycles. The number of nitrogens with one attached hydrogen (secondary N) is 1. The van der Waals surface area contributed by atoms with Crippen molar-refractivity contribution >= 4 is 11.6 Å². The fourth-order valence-electron chi connectivity index (χ4n) is 1.64. The van der Waals surface area contributed by atoms with Crippen LogP contribution in [0.5, 0.6) is 0 Å². The molecule has 3 N–H and O–H groups in total. The van der Waals surface area contributed by atoms with Gasteiger partial charge in [0, 0.05) is 6.42 Å². The molecule has 0 spiro atoms. The lowest BCUT2D eigenvalue weighted by atomic mass is 10.0. The first-order chi connectivity index (χ1) is 8.61. The van der Waals surface area contributed by atoms with Crippen molar-refractivity contribution in [1.29, 1.82) is 0 Å². The van der Waals surface area contributed by atoms with E-state index in [9.17, 15) is 4.39 Å². The van der Waals surface area contributed by atoms with Crippen molar-refractivity contribution in [2.24, 2.45) is 12.9 Å². The van der Waals surface area contributed by atoms with E-state index in [1.165, 1.54) is 10.9 Å². The number of rotatable bonds is 4. The van der Waals surface area contributed by atoms with Crippen molar-refractivity contribution in [3.05, 3.63) is 40.4 Å². The first-order valence-electron chi connectivity index (χ1n) is 5.24. The lowest BCUT2D eigenvalue weighted by Crippen LogP contribution is -2.30. The van der Waals surface area contributed by atoms with Crippen LogP contribution in [0.1, 0.15) is 17.4 Å². The van der Waals surface area contributed by atoms with Crippen LogP contribution in [0.25, 0.3) is 0 Å². The molecule has 1 heterocycles. The SMILES string of the molecule is Cn1nnc(CC(NN)c2cccc(F)c2Cl)n1. The lowest BCUT2D eigenvalue weighted by Gasteiger charge is -2.16. The zero-order valence-corrected chi connectivity index (χ0v) is 10.4. The summed E-state index contributed by atoms with van der Waals surface area (Å²) in [6.07, 6.45) is 0.369. The van der Waals surface area contributed by atoms with Crippen LogP contribution in [0.15, 0.2) is 18.2 Å². The summed E-state index contributed by atoms with van der Waals surface area (Å²) >= 11 is 5.91. The maximum Gasteiger partial charge on any atom is 0.176 e. The molecule has 1 atom stereocenters. The Kier molecular flexibility index (Phi) is 3.85. The number of tetrazole rings is 1. The van der Waals surface area contributed by atoms with E-state index in [0.29, 0.717) is 17.8 Å². The maximum absolute atomic E-state index is 13.4. The molecule has 0 saturated carbocycles. The van der Waals surface area contributed by atoms with Gasteiger partial charge in [-0.15, -0.1) is 10.2 Å². The molecule has 8 heteroatoms. The predicted octanol–water partition coefficient (Wildman–Crippen LogP) is 0.750. The average molecular weight is 271 g/mol. The van der Waals surface area contributed by atoms with Crippen LogP contribution in [0, 0.1) is 5.82 Å². The van der Waals surface area contributed by atoms with Crippen molar-refractivity contribution in [1.82, 2.24) is 25.6 Å². The number of nitrogens with zero attached hydrogens (tertiary/aromatic N) is 4. The predicted molar refractivity (Wildman–Crippen MR) is 64.0 cm³/mol. The third-order valence-electron chi connectivity index (χ3n) is 2.49. The van der Waals surface area contributed by atoms with Gasteiger partial charge in [0.25, 0.3) is 0 Å². The average Bonchev–Trinajstić information content (AvgIpc) is 2.76. The Bertz CT molecular complexity index is 543. The smallest absolute Gasteiger partial charge is 0.176 e. The molecule has 0 aliphatic carbocycles. The molecule has 1 unspecified atom stereocenters. The molecule has 2 rings (SSSR count). The molecule has 0 fully saturated rings. The molecule has 6 nitrogen and oxygen atoms in total. The van der Waals surface area contributed by atoms with E-state index in [1.807, 2.05) is 0 Å². The second kappa shape index (κ2) is 5.38. The van der Waals surface area contributed by atoms with Crippen molar-refractivity contribution in [2.45, 2.75) is 12.5 Å². The fraction of sp³-hybridized carbons (Fsp3) is 0.300. The molecule has 18 heavy (non-hydrogen) atoms. The number of hydrazine groups is 1. The highest BCUT2D eigenvalue weighted by Gasteiger charge is 2.18. The van der Waals surface area contributed by atoms with E-state index in [-0.39, 0.29) is 11.1 Å². The first-order valence-corrected chi connectivity index (χ1v) is 5.62. The van der Waals surface area contributed by atoms with E-state index in [1.54, 1.807) is 19.2 Å². The van der Waals surface area contributed by atoms with E-state index in [2.05, 4.69) is 20.8 Å². The number of halogens is 2. The first kappa shape index (κ1) is 12.9. The number of hydrogen-bond acceptors (Lipinski definition) is 5. The van der Waals surface area contributed by atoms with Crippen LogP contribution in [0.2, 0.25) is 5.02 Å². The van der Waals surface area contributed by atoms with Gasteiger partial charge in [-0.05, 0) is 16.8 Å². The Balaban J connectivity index is 2.25. The quantitative estimate of drug-likeness (QED) is 0.633. The zero-order chi connectivity index (χ0) is 13.1. The molecule has 0 saturated heterocycles. The van der Waals surface area contributed by atoms with Gasteiger partial charge in [-0.1, -0.05) is 23.7 Å². The molecular weight excluding hydrogens is 259 g/mol. The minimum Gasteiger partial charge on any atom is -0.271 e. The molecule has 0 aliphatic rings. The van der Waals surface area contributed by atoms with Gasteiger partial charge in [-0.2, -0.15) is 4.80 Å². The summed E-state index contributed by atoms with van der Waals surface area (Å²) in [5.74, 6) is 5.48. The Labute approximate surface area is 108 Å². The monoisotopic (exact) mass is 270 g/mol. The summed E-state index contributed by atoms with van der Waals surface area (Å²) in [5, 5.41) is 11.7. The zero-order valence-electron chi connectivity index (χ0n) is 9.64. The fourth-order valence-corrected chi connectivity index (χ4v) is 1.89.